The number of nitrogens with one attached hydrogen (secondary N) is 1. The van der Waals surface area contributed by atoms with Crippen LogP contribution in [0.3, 0.4) is 0 Å². The molecule has 2 aliphatic heterocycles. The van der Waals surface area contributed by atoms with Crippen molar-refractivity contribution in [2.75, 3.05) is 44.2 Å². The van der Waals surface area contributed by atoms with Crippen LogP contribution in [-0.4, -0.2) is 68.2 Å². The van der Waals surface area contributed by atoms with Crippen LogP contribution in [0.4, 0.5) is 5.69 Å². The largest absolute Gasteiger partial charge is 0.479 e. The SMILES string of the molecule is CC(Oc1ccc(N2CCN(C3CCNCC3)CC2)cc1)C(=O)OC=C=O. The number of piperidine rings is 1. The van der Waals surface area contributed by atoms with Gasteiger partial charge in [0.05, 0.1) is 0 Å². The molecule has 27 heavy (non-hydrogen) atoms. The van der Waals surface area contributed by atoms with Crippen LogP contribution in [0.5, 0.6) is 5.75 Å². The van der Waals surface area contributed by atoms with E-state index >= 15 is 0 Å². The fourth-order valence-electron chi connectivity index (χ4n) is 3.68. The monoisotopic (exact) mass is 373 g/mol. The molecule has 2 fully saturated rings. The van der Waals surface area contributed by atoms with Crippen LogP contribution in [0.1, 0.15) is 19.8 Å². The summed E-state index contributed by atoms with van der Waals surface area (Å²) in [4.78, 5) is 26.7. The van der Waals surface area contributed by atoms with Crippen molar-refractivity contribution in [3.63, 3.8) is 0 Å². The predicted octanol–water partition coefficient (Wildman–Crippen LogP) is 1.22. The normalized spacial score (nSPS) is 19.8. The molecule has 0 bridgehead atoms. The highest BCUT2D eigenvalue weighted by molar-refractivity contribution is 5.76. The van der Waals surface area contributed by atoms with Crippen molar-refractivity contribution < 1.29 is 19.1 Å². The summed E-state index contributed by atoms with van der Waals surface area (Å²) in [5.41, 5.74) is 1.16. The lowest BCUT2D eigenvalue weighted by Crippen LogP contribution is -2.52. The molecule has 146 valence electrons. The fourth-order valence-corrected chi connectivity index (χ4v) is 3.68. The average Bonchev–Trinajstić information content (AvgIpc) is 2.73. The summed E-state index contributed by atoms with van der Waals surface area (Å²) >= 11 is 0. The van der Waals surface area contributed by atoms with E-state index in [0.29, 0.717) is 12.0 Å². The molecule has 7 heteroatoms. The number of carbonyl (C=O) groups is 1. The van der Waals surface area contributed by atoms with Gasteiger partial charge in [0.2, 0.25) is 0 Å². The van der Waals surface area contributed by atoms with E-state index < -0.39 is 12.1 Å². The Balaban J connectivity index is 1.49. The van der Waals surface area contributed by atoms with E-state index in [9.17, 15) is 9.59 Å². The van der Waals surface area contributed by atoms with E-state index in [0.717, 1.165) is 51.0 Å². The van der Waals surface area contributed by atoms with Crippen LogP contribution in [0.25, 0.3) is 0 Å². The molecule has 0 radical (unpaired) electrons. The molecular weight excluding hydrogens is 346 g/mol. The molecule has 2 heterocycles. The van der Waals surface area contributed by atoms with E-state index in [1.54, 1.807) is 6.92 Å². The van der Waals surface area contributed by atoms with Gasteiger partial charge in [0, 0.05) is 37.9 Å². The number of carbonyl (C=O) groups excluding carboxylic acids is 2. The van der Waals surface area contributed by atoms with E-state index in [2.05, 4.69) is 19.9 Å². The second kappa shape index (κ2) is 9.55. The number of ether oxygens (including phenoxy) is 2. The van der Waals surface area contributed by atoms with Gasteiger partial charge in [-0.2, -0.15) is 0 Å². The van der Waals surface area contributed by atoms with Crippen molar-refractivity contribution >= 4 is 17.6 Å². The van der Waals surface area contributed by atoms with Crippen molar-refractivity contribution in [2.24, 2.45) is 0 Å². The molecule has 2 saturated heterocycles. The highest BCUT2D eigenvalue weighted by Gasteiger charge is 2.25. The molecule has 0 aromatic heterocycles. The minimum atomic E-state index is -0.797. The van der Waals surface area contributed by atoms with Gasteiger partial charge in [-0.05, 0) is 57.1 Å². The summed E-state index contributed by atoms with van der Waals surface area (Å²) in [5, 5.41) is 3.43. The Labute approximate surface area is 159 Å². The molecule has 1 aromatic rings. The lowest BCUT2D eigenvalue weighted by Gasteiger charge is -2.41. The Bertz CT molecular complexity index is 658. The van der Waals surface area contributed by atoms with Crippen molar-refractivity contribution in [1.29, 1.82) is 0 Å². The molecular formula is C20H27N3O4. The standard InChI is InChI=1S/C20H27N3O4/c1-16(20(25)26-15-14-24)27-19-4-2-17(3-5-19)22-10-12-23(13-11-22)18-6-8-21-9-7-18/h2-5,15-16,18,21H,6-13H2,1H3. The summed E-state index contributed by atoms with van der Waals surface area (Å²) in [6, 6.07) is 8.46. The van der Waals surface area contributed by atoms with Gasteiger partial charge < -0.3 is 19.7 Å². The Morgan fingerprint density at radius 1 is 1.19 bits per heavy atom. The molecule has 0 saturated carbocycles. The Kier molecular flexibility index (Phi) is 6.87. The second-order valence-corrected chi connectivity index (χ2v) is 6.93. The molecule has 1 atom stereocenters. The fraction of sp³-hybridized carbons (Fsp3) is 0.550. The summed E-state index contributed by atoms with van der Waals surface area (Å²) < 4.78 is 10.1. The smallest absolute Gasteiger partial charge is 0.352 e. The van der Waals surface area contributed by atoms with E-state index in [-0.39, 0.29) is 0 Å². The molecule has 0 spiro atoms. The molecule has 0 aliphatic carbocycles. The van der Waals surface area contributed by atoms with Gasteiger partial charge in [0.25, 0.3) is 0 Å². The number of hydrogen-bond acceptors (Lipinski definition) is 7. The van der Waals surface area contributed by atoms with Crippen LogP contribution in [0.15, 0.2) is 30.5 Å². The highest BCUT2D eigenvalue weighted by atomic mass is 16.6. The van der Waals surface area contributed by atoms with Gasteiger partial charge in [-0.15, -0.1) is 0 Å². The quantitative estimate of drug-likeness (QED) is 0.457. The number of rotatable bonds is 6. The zero-order valence-corrected chi connectivity index (χ0v) is 15.7. The van der Waals surface area contributed by atoms with Gasteiger partial charge in [-0.25, -0.2) is 9.59 Å². The Hall–Kier alpha value is -2.34. The maximum absolute atomic E-state index is 11.6. The van der Waals surface area contributed by atoms with Crippen LogP contribution < -0.4 is 15.0 Å². The van der Waals surface area contributed by atoms with Crippen LogP contribution >= 0.6 is 0 Å². The van der Waals surface area contributed by atoms with E-state index in [1.807, 2.05) is 24.3 Å². The van der Waals surface area contributed by atoms with E-state index in [1.165, 1.54) is 18.8 Å². The summed E-state index contributed by atoms with van der Waals surface area (Å²) in [6.07, 6.45) is 2.38. The first-order chi connectivity index (χ1) is 13.2. The van der Waals surface area contributed by atoms with Gasteiger partial charge >= 0.3 is 5.97 Å². The molecule has 3 rings (SSSR count). The van der Waals surface area contributed by atoms with Crippen LogP contribution in [0, 0.1) is 0 Å². The Morgan fingerprint density at radius 2 is 1.85 bits per heavy atom. The van der Waals surface area contributed by atoms with Crippen molar-refractivity contribution in [2.45, 2.75) is 31.9 Å². The lowest BCUT2D eigenvalue weighted by atomic mass is 10.0. The second-order valence-electron chi connectivity index (χ2n) is 6.93. The number of hydrogen-bond donors (Lipinski definition) is 1. The summed E-state index contributed by atoms with van der Waals surface area (Å²) in [5.74, 6) is 1.36. The van der Waals surface area contributed by atoms with Gasteiger partial charge in [0.15, 0.2) is 18.3 Å². The topological polar surface area (TPSA) is 71.1 Å². The zero-order chi connectivity index (χ0) is 19.1. The third kappa shape index (κ3) is 5.32. The molecule has 7 nitrogen and oxygen atoms in total. The van der Waals surface area contributed by atoms with Gasteiger partial charge in [0.1, 0.15) is 5.75 Å². The number of esters is 1. The summed E-state index contributed by atoms with van der Waals surface area (Å²) in [7, 11) is 0. The molecule has 1 aromatic carbocycles. The summed E-state index contributed by atoms with van der Waals surface area (Å²) in [6.45, 7) is 8.06. The Morgan fingerprint density at radius 3 is 2.48 bits per heavy atom. The third-order valence-corrected chi connectivity index (χ3v) is 5.21. The molecule has 1 unspecified atom stereocenters. The van der Waals surface area contributed by atoms with E-state index in [4.69, 9.17) is 4.74 Å². The third-order valence-electron chi connectivity index (χ3n) is 5.21. The first kappa shape index (κ1) is 19.4. The number of benzene rings is 1. The van der Waals surface area contributed by atoms with Gasteiger partial charge in [-0.3, -0.25) is 4.90 Å². The minimum Gasteiger partial charge on any atom is -0.479 e. The number of piperazine rings is 1. The zero-order valence-electron chi connectivity index (χ0n) is 15.7. The maximum atomic E-state index is 11.6. The number of nitrogens with zero attached hydrogens (tertiary/aromatic N) is 2. The molecule has 1 N–H and O–H groups in total. The first-order valence-electron chi connectivity index (χ1n) is 9.53. The minimum absolute atomic E-state index is 0.589. The predicted molar refractivity (Wildman–Crippen MR) is 103 cm³/mol. The maximum Gasteiger partial charge on any atom is 0.352 e. The molecule has 2 aliphatic rings. The number of anilines is 1. The van der Waals surface area contributed by atoms with Crippen LogP contribution in [-0.2, 0) is 14.3 Å². The van der Waals surface area contributed by atoms with Crippen LogP contribution in [0.2, 0.25) is 0 Å². The van der Waals surface area contributed by atoms with Gasteiger partial charge in [-0.1, -0.05) is 0 Å². The molecule has 0 amide bonds. The average molecular weight is 373 g/mol. The van der Waals surface area contributed by atoms with Crippen molar-refractivity contribution in [3.05, 3.63) is 30.5 Å². The highest BCUT2D eigenvalue weighted by Crippen LogP contribution is 2.23. The lowest BCUT2D eigenvalue weighted by molar-refractivity contribution is -0.145. The van der Waals surface area contributed by atoms with Crippen molar-refractivity contribution in [3.8, 4) is 5.75 Å². The van der Waals surface area contributed by atoms with Crippen molar-refractivity contribution in [1.82, 2.24) is 10.2 Å². The first-order valence-corrected chi connectivity index (χ1v) is 9.53.